The number of hydrogen-bond acceptors (Lipinski definition) is 6. The minimum atomic E-state index is -0.508. The summed E-state index contributed by atoms with van der Waals surface area (Å²) in [4.78, 5) is 25.4. The molecule has 3 rings (SSSR count). The van der Waals surface area contributed by atoms with Crippen molar-refractivity contribution in [3.8, 4) is 5.75 Å². The molecule has 8 heteroatoms. The predicted octanol–water partition coefficient (Wildman–Crippen LogP) is 4.42. The third-order valence-electron chi connectivity index (χ3n) is 5.74. The lowest BCUT2D eigenvalue weighted by molar-refractivity contribution is -0.384. The Balaban J connectivity index is 1.62. The van der Waals surface area contributed by atoms with Crippen LogP contribution in [0.25, 0.3) is 0 Å². The molecule has 0 radical (unpaired) electrons. The van der Waals surface area contributed by atoms with E-state index in [0.29, 0.717) is 11.8 Å². The van der Waals surface area contributed by atoms with Gasteiger partial charge in [-0.1, -0.05) is 37.5 Å². The molecule has 0 aliphatic heterocycles. The van der Waals surface area contributed by atoms with Crippen molar-refractivity contribution in [1.29, 1.82) is 0 Å². The Morgan fingerprint density at radius 3 is 2.61 bits per heavy atom. The van der Waals surface area contributed by atoms with E-state index in [4.69, 9.17) is 4.74 Å². The zero-order valence-corrected chi connectivity index (χ0v) is 18.1. The van der Waals surface area contributed by atoms with E-state index >= 15 is 0 Å². The fourth-order valence-electron chi connectivity index (χ4n) is 4.03. The molecule has 1 saturated carbocycles. The van der Waals surface area contributed by atoms with Crippen LogP contribution < -0.4 is 15.4 Å². The van der Waals surface area contributed by atoms with Crippen molar-refractivity contribution in [3.05, 3.63) is 58.1 Å². The lowest BCUT2D eigenvalue weighted by atomic mass is 9.94. The van der Waals surface area contributed by atoms with E-state index in [2.05, 4.69) is 28.6 Å². The second kappa shape index (κ2) is 10.8. The molecule has 0 bridgehead atoms. The molecule has 0 heterocycles. The molecule has 2 aromatic rings. The molecular formula is C23H30N4O4. The number of amides is 1. The van der Waals surface area contributed by atoms with Gasteiger partial charge in [-0.3, -0.25) is 19.8 Å². The van der Waals surface area contributed by atoms with E-state index in [-0.39, 0.29) is 23.8 Å². The molecule has 1 amide bonds. The summed E-state index contributed by atoms with van der Waals surface area (Å²) in [5.41, 5.74) is 2.21. The summed E-state index contributed by atoms with van der Waals surface area (Å²) in [6.45, 7) is 0.851. The number of nitro benzene ring substituents is 1. The number of carbonyl (C=O) groups is 1. The van der Waals surface area contributed by atoms with Crippen molar-refractivity contribution in [2.24, 2.45) is 0 Å². The Hall–Kier alpha value is -3.13. The Labute approximate surface area is 182 Å². The van der Waals surface area contributed by atoms with Crippen LogP contribution in [0.5, 0.6) is 5.75 Å². The van der Waals surface area contributed by atoms with Crippen LogP contribution in [-0.4, -0.2) is 42.5 Å². The Bertz CT molecular complexity index is 912. The van der Waals surface area contributed by atoms with Crippen molar-refractivity contribution in [2.45, 2.75) is 44.7 Å². The molecule has 1 aliphatic rings. The van der Waals surface area contributed by atoms with E-state index in [1.165, 1.54) is 57.4 Å². The molecule has 0 spiro atoms. The topological polar surface area (TPSA) is 96.7 Å². The number of non-ortho nitro benzene ring substituents is 1. The summed E-state index contributed by atoms with van der Waals surface area (Å²) in [5.74, 6) is 0.0580. The summed E-state index contributed by atoms with van der Waals surface area (Å²) in [6.07, 6.45) is 6.37. The van der Waals surface area contributed by atoms with Crippen LogP contribution in [0.3, 0.4) is 0 Å². The molecule has 8 nitrogen and oxygen atoms in total. The molecule has 31 heavy (non-hydrogen) atoms. The highest BCUT2D eigenvalue weighted by Gasteiger charge is 2.19. The molecule has 1 aliphatic carbocycles. The van der Waals surface area contributed by atoms with Gasteiger partial charge < -0.3 is 15.4 Å². The average molecular weight is 427 g/mol. The van der Waals surface area contributed by atoms with Crippen LogP contribution in [0, 0.1) is 10.1 Å². The number of carbonyl (C=O) groups excluding carboxylic acids is 1. The largest absolute Gasteiger partial charge is 0.495 e. The van der Waals surface area contributed by atoms with Crippen molar-refractivity contribution in [2.75, 3.05) is 31.3 Å². The Morgan fingerprint density at radius 1 is 1.16 bits per heavy atom. The first-order valence-corrected chi connectivity index (χ1v) is 10.6. The van der Waals surface area contributed by atoms with Crippen molar-refractivity contribution in [1.82, 2.24) is 4.90 Å². The summed E-state index contributed by atoms with van der Waals surface area (Å²) < 4.78 is 5.20. The third-order valence-corrected chi connectivity index (χ3v) is 5.74. The quantitative estimate of drug-likeness (QED) is 0.455. The number of benzene rings is 2. The van der Waals surface area contributed by atoms with Crippen LogP contribution in [0.1, 0.15) is 37.7 Å². The van der Waals surface area contributed by atoms with E-state index < -0.39 is 4.92 Å². The minimum absolute atomic E-state index is 0.0377. The monoisotopic (exact) mass is 426 g/mol. The SMILES string of the molecule is COc1ccc([N+](=O)[O-])cc1NC(=O)CNc1ccccc1CN(C)C1CCCCC1. The zero-order valence-electron chi connectivity index (χ0n) is 18.1. The van der Waals surface area contributed by atoms with Gasteiger partial charge in [-0.2, -0.15) is 0 Å². The van der Waals surface area contributed by atoms with Gasteiger partial charge >= 0.3 is 0 Å². The van der Waals surface area contributed by atoms with Crippen molar-refractivity contribution >= 4 is 23.0 Å². The molecule has 0 atom stereocenters. The molecular weight excluding hydrogens is 396 g/mol. The first-order chi connectivity index (χ1) is 15.0. The van der Waals surface area contributed by atoms with Gasteiger partial charge in [-0.15, -0.1) is 0 Å². The molecule has 0 saturated heterocycles. The van der Waals surface area contributed by atoms with Gasteiger partial charge in [-0.05, 0) is 37.6 Å². The second-order valence-electron chi connectivity index (χ2n) is 7.91. The van der Waals surface area contributed by atoms with E-state index in [0.717, 1.165) is 17.8 Å². The smallest absolute Gasteiger partial charge is 0.271 e. The zero-order chi connectivity index (χ0) is 22.2. The molecule has 0 unspecified atom stereocenters. The summed E-state index contributed by atoms with van der Waals surface area (Å²) in [6, 6.07) is 12.7. The van der Waals surface area contributed by atoms with E-state index in [1.54, 1.807) is 0 Å². The summed E-state index contributed by atoms with van der Waals surface area (Å²) in [7, 11) is 3.61. The van der Waals surface area contributed by atoms with Gasteiger partial charge in [0.25, 0.3) is 5.69 Å². The van der Waals surface area contributed by atoms with Gasteiger partial charge in [0.15, 0.2) is 0 Å². The number of rotatable bonds is 9. The number of nitrogens with zero attached hydrogens (tertiary/aromatic N) is 2. The number of nitrogens with one attached hydrogen (secondary N) is 2. The summed E-state index contributed by atoms with van der Waals surface area (Å²) >= 11 is 0. The van der Waals surface area contributed by atoms with Crippen LogP contribution in [-0.2, 0) is 11.3 Å². The van der Waals surface area contributed by atoms with Gasteiger partial charge in [0, 0.05) is 30.4 Å². The second-order valence-corrected chi connectivity index (χ2v) is 7.91. The normalized spacial score (nSPS) is 14.3. The number of para-hydroxylation sites is 1. The first-order valence-electron chi connectivity index (χ1n) is 10.6. The Morgan fingerprint density at radius 2 is 1.90 bits per heavy atom. The maximum absolute atomic E-state index is 12.5. The first kappa shape index (κ1) is 22.6. The fourth-order valence-corrected chi connectivity index (χ4v) is 4.03. The van der Waals surface area contributed by atoms with Gasteiger partial charge in [0.2, 0.25) is 5.91 Å². The van der Waals surface area contributed by atoms with Crippen LogP contribution in [0.4, 0.5) is 17.1 Å². The maximum atomic E-state index is 12.5. The van der Waals surface area contributed by atoms with Crippen LogP contribution in [0.15, 0.2) is 42.5 Å². The van der Waals surface area contributed by atoms with Crippen LogP contribution in [0.2, 0.25) is 0 Å². The minimum Gasteiger partial charge on any atom is -0.495 e. The van der Waals surface area contributed by atoms with Gasteiger partial charge in [0.1, 0.15) is 5.75 Å². The highest BCUT2D eigenvalue weighted by molar-refractivity contribution is 5.95. The van der Waals surface area contributed by atoms with Crippen molar-refractivity contribution < 1.29 is 14.5 Å². The fraction of sp³-hybridized carbons (Fsp3) is 0.435. The highest BCUT2D eigenvalue weighted by Crippen LogP contribution is 2.29. The average Bonchev–Trinajstić information content (AvgIpc) is 2.79. The number of methoxy groups -OCH3 is 1. The number of ether oxygens (including phenoxy) is 1. The van der Waals surface area contributed by atoms with Crippen LogP contribution >= 0.6 is 0 Å². The molecule has 2 aromatic carbocycles. The molecule has 0 aromatic heterocycles. The predicted molar refractivity (Wildman–Crippen MR) is 122 cm³/mol. The van der Waals surface area contributed by atoms with E-state index in [1.807, 2.05) is 18.2 Å². The number of hydrogen-bond donors (Lipinski definition) is 2. The molecule has 1 fully saturated rings. The van der Waals surface area contributed by atoms with Gasteiger partial charge in [-0.25, -0.2) is 0 Å². The summed E-state index contributed by atoms with van der Waals surface area (Å²) in [5, 5.41) is 16.9. The number of nitro groups is 1. The van der Waals surface area contributed by atoms with Crippen molar-refractivity contribution in [3.63, 3.8) is 0 Å². The molecule has 2 N–H and O–H groups in total. The Kier molecular flexibility index (Phi) is 7.83. The molecule has 166 valence electrons. The maximum Gasteiger partial charge on any atom is 0.271 e. The van der Waals surface area contributed by atoms with Gasteiger partial charge in [0.05, 0.1) is 24.3 Å². The third kappa shape index (κ3) is 6.18. The lowest BCUT2D eigenvalue weighted by Crippen LogP contribution is -2.33. The highest BCUT2D eigenvalue weighted by atomic mass is 16.6. The lowest BCUT2D eigenvalue weighted by Gasteiger charge is -2.31. The number of anilines is 2. The standard InChI is InChI=1S/C23H30N4O4/c1-26(18-9-4-3-5-10-18)16-17-8-6-7-11-20(17)24-15-23(28)25-21-14-19(27(29)30)12-13-22(21)31-2/h6-8,11-14,18,24H,3-5,9-10,15-16H2,1-2H3,(H,25,28). The van der Waals surface area contributed by atoms with E-state index in [9.17, 15) is 14.9 Å².